The number of carbonyl (C=O) groups excluding carboxylic acids is 2. The number of piperidine rings is 1. The Morgan fingerprint density at radius 3 is 2.24 bits per heavy atom. The number of ether oxygens (including phenoxy) is 1. The zero-order chi connectivity index (χ0) is 26.6. The number of nitrogens with zero attached hydrogens (tertiary/aromatic N) is 3. The maximum absolute atomic E-state index is 12.7. The molecule has 1 aromatic heterocycles. The number of halogens is 1. The number of esters is 1. The Morgan fingerprint density at radius 2 is 1.62 bits per heavy atom. The summed E-state index contributed by atoms with van der Waals surface area (Å²) in [6, 6.07) is 7.32. The Bertz CT molecular complexity index is 971. The average molecular weight is 528 g/mol. The second kappa shape index (κ2) is 15.1. The molecule has 1 aliphatic rings. The van der Waals surface area contributed by atoms with Crippen molar-refractivity contribution in [3.63, 3.8) is 0 Å². The molecule has 0 radical (unpaired) electrons. The summed E-state index contributed by atoms with van der Waals surface area (Å²) in [5.41, 5.74) is 2.05. The lowest BCUT2D eigenvalue weighted by Crippen LogP contribution is -2.44. The molecule has 37 heavy (non-hydrogen) atoms. The standard InChI is InChI=1S/C30H42ClN3O3/c1-4-5-6-7-8-9-10-23-20-32-28(33-21-23)24-11-13-26(14-12-24)37-30(36)25-15-17-34(18-16-25)29(35)27(31)19-22(2)3/h11-14,20-22,25,27H,4-10,15-19H2,1-3H3/t27-/m0/s1. The van der Waals surface area contributed by atoms with E-state index < -0.39 is 5.38 Å². The molecule has 0 aliphatic carbocycles. The summed E-state index contributed by atoms with van der Waals surface area (Å²) in [6.45, 7) is 7.41. The van der Waals surface area contributed by atoms with Crippen LogP contribution in [0, 0.1) is 11.8 Å². The topological polar surface area (TPSA) is 72.4 Å². The van der Waals surface area contributed by atoms with Crippen LogP contribution in [0.3, 0.4) is 0 Å². The highest BCUT2D eigenvalue weighted by molar-refractivity contribution is 6.30. The van der Waals surface area contributed by atoms with Crippen LogP contribution in [0.25, 0.3) is 11.4 Å². The molecule has 0 saturated carbocycles. The molecule has 2 heterocycles. The van der Waals surface area contributed by atoms with Gasteiger partial charge >= 0.3 is 5.97 Å². The van der Waals surface area contributed by atoms with E-state index in [9.17, 15) is 9.59 Å². The van der Waals surface area contributed by atoms with Crippen LogP contribution in [0.2, 0.25) is 0 Å². The summed E-state index contributed by atoms with van der Waals surface area (Å²) in [7, 11) is 0. The van der Waals surface area contributed by atoms with Crippen LogP contribution in [-0.2, 0) is 16.0 Å². The number of carbonyl (C=O) groups is 2. The van der Waals surface area contributed by atoms with Gasteiger partial charge in [-0.1, -0.05) is 52.9 Å². The van der Waals surface area contributed by atoms with E-state index >= 15 is 0 Å². The van der Waals surface area contributed by atoms with E-state index in [4.69, 9.17) is 16.3 Å². The van der Waals surface area contributed by atoms with E-state index in [2.05, 4.69) is 30.7 Å². The van der Waals surface area contributed by atoms with Gasteiger partial charge in [0.15, 0.2) is 5.82 Å². The minimum atomic E-state index is -0.498. The van der Waals surface area contributed by atoms with Crippen LogP contribution >= 0.6 is 11.6 Å². The third-order valence-electron chi connectivity index (χ3n) is 6.94. The maximum Gasteiger partial charge on any atom is 0.314 e. The zero-order valence-corrected chi connectivity index (χ0v) is 23.4. The minimum Gasteiger partial charge on any atom is -0.426 e. The number of aryl methyl sites for hydroxylation is 1. The highest BCUT2D eigenvalue weighted by Gasteiger charge is 2.31. The first-order valence-electron chi connectivity index (χ1n) is 13.9. The Kier molecular flexibility index (Phi) is 11.8. The van der Waals surface area contributed by atoms with Gasteiger partial charge in [0.25, 0.3) is 0 Å². The fourth-order valence-corrected chi connectivity index (χ4v) is 5.16. The quantitative estimate of drug-likeness (QED) is 0.123. The molecule has 2 aromatic rings. The predicted molar refractivity (Wildman–Crippen MR) is 149 cm³/mol. The van der Waals surface area contributed by atoms with Gasteiger partial charge in [-0.25, -0.2) is 9.97 Å². The van der Waals surface area contributed by atoms with Crippen molar-refractivity contribution in [2.75, 3.05) is 13.1 Å². The van der Waals surface area contributed by atoms with Crippen LogP contribution in [0.15, 0.2) is 36.7 Å². The Balaban J connectivity index is 1.43. The lowest BCUT2D eigenvalue weighted by atomic mass is 9.96. The molecule has 0 spiro atoms. The van der Waals surface area contributed by atoms with Crippen molar-refractivity contribution >= 4 is 23.5 Å². The summed E-state index contributed by atoms with van der Waals surface area (Å²) in [4.78, 5) is 36.1. The highest BCUT2D eigenvalue weighted by Crippen LogP contribution is 2.25. The molecule has 6 nitrogen and oxygen atoms in total. The predicted octanol–water partition coefficient (Wildman–Crippen LogP) is 6.84. The highest BCUT2D eigenvalue weighted by atomic mass is 35.5. The molecule has 0 N–H and O–H groups in total. The van der Waals surface area contributed by atoms with Gasteiger partial charge in [-0.05, 0) is 67.9 Å². The maximum atomic E-state index is 12.7. The Morgan fingerprint density at radius 1 is 1.00 bits per heavy atom. The fraction of sp³-hybridized carbons (Fsp3) is 0.600. The average Bonchev–Trinajstić information content (AvgIpc) is 2.91. The number of alkyl halides is 1. The van der Waals surface area contributed by atoms with Crippen LogP contribution in [-0.4, -0.2) is 45.2 Å². The molecule has 0 bridgehead atoms. The largest absolute Gasteiger partial charge is 0.426 e. The number of aromatic nitrogens is 2. The van der Waals surface area contributed by atoms with Gasteiger partial charge in [0.1, 0.15) is 11.1 Å². The van der Waals surface area contributed by atoms with Gasteiger partial charge < -0.3 is 9.64 Å². The normalized spacial score (nSPS) is 15.1. The van der Waals surface area contributed by atoms with Gasteiger partial charge in [0.05, 0.1) is 5.92 Å². The van der Waals surface area contributed by atoms with Crippen molar-refractivity contribution in [3.8, 4) is 17.1 Å². The number of unbranched alkanes of at least 4 members (excludes halogenated alkanes) is 5. The SMILES string of the molecule is CCCCCCCCc1cnc(-c2ccc(OC(=O)C3CCN(C(=O)[C@@H](Cl)CC(C)C)CC3)cc2)nc1. The number of benzene rings is 1. The van der Waals surface area contributed by atoms with Crippen molar-refractivity contribution < 1.29 is 14.3 Å². The first kappa shape index (κ1) is 29.1. The second-order valence-electron chi connectivity index (χ2n) is 10.6. The number of rotatable bonds is 13. The van der Waals surface area contributed by atoms with Crippen LogP contribution in [0.5, 0.6) is 5.75 Å². The summed E-state index contributed by atoms with van der Waals surface area (Å²) in [5.74, 6) is 1.04. The summed E-state index contributed by atoms with van der Waals surface area (Å²) < 4.78 is 5.63. The minimum absolute atomic E-state index is 0.0320. The van der Waals surface area contributed by atoms with E-state index in [1.165, 1.54) is 44.1 Å². The zero-order valence-electron chi connectivity index (χ0n) is 22.6. The second-order valence-corrected chi connectivity index (χ2v) is 11.1. The third kappa shape index (κ3) is 9.41. The molecule has 3 rings (SSSR count). The molecule has 1 atom stereocenters. The third-order valence-corrected chi connectivity index (χ3v) is 7.31. The molecular weight excluding hydrogens is 486 g/mol. The van der Waals surface area contributed by atoms with E-state index in [1.54, 1.807) is 17.0 Å². The summed E-state index contributed by atoms with van der Waals surface area (Å²) >= 11 is 6.28. The molecular formula is C30H42ClN3O3. The molecule has 202 valence electrons. The van der Waals surface area contributed by atoms with Crippen molar-refractivity contribution in [2.45, 2.75) is 90.4 Å². The molecule has 0 unspecified atom stereocenters. The van der Waals surface area contributed by atoms with E-state index in [0.717, 1.165) is 12.0 Å². The van der Waals surface area contributed by atoms with Gasteiger partial charge in [-0.3, -0.25) is 9.59 Å². The Labute approximate surface area is 227 Å². The molecule has 1 fully saturated rings. The van der Waals surface area contributed by atoms with Crippen molar-refractivity contribution in [2.24, 2.45) is 11.8 Å². The lowest BCUT2D eigenvalue weighted by molar-refractivity contribution is -0.143. The van der Waals surface area contributed by atoms with Crippen LogP contribution in [0.1, 0.15) is 84.1 Å². The summed E-state index contributed by atoms with van der Waals surface area (Å²) in [5, 5.41) is -0.498. The summed E-state index contributed by atoms with van der Waals surface area (Å²) in [6.07, 6.45) is 14.3. The van der Waals surface area contributed by atoms with E-state index in [0.29, 0.717) is 49.8 Å². The van der Waals surface area contributed by atoms with Gasteiger partial charge in [-0.2, -0.15) is 0 Å². The molecule has 1 aliphatic heterocycles. The monoisotopic (exact) mass is 527 g/mol. The Hall–Kier alpha value is -2.47. The smallest absolute Gasteiger partial charge is 0.314 e. The van der Waals surface area contributed by atoms with Crippen molar-refractivity contribution in [1.82, 2.24) is 14.9 Å². The molecule has 1 saturated heterocycles. The number of hydrogen-bond acceptors (Lipinski definition) is 5. The molecule has 7 heteroatoms. The van der Waals surface area contributed by atoms with E-state index in [-0.39, 0.29) is 17.8 Å². The van der Waals surface area contributed by atoms with Crippen molar-refractivity contribution in [1.29, 1.82) is 0 Å². The van der Waals surface area contributed by atoms with Gasteiger partial charge in [0, 0.05) is 31.0 Å². The fourth-order valence-electron chi connectivity index (χ4n) is 4.66. The first-order valence-corrected chi connectivity index (χ1v) is 14.4. The van der Waals surface area contributed by atoms with E-state index in [1.807, 2.05) is 24.5 Å². The van der Waals surface area contributed by atoms with Crippen LogP contribution < -0.4 is 4.74 Å². The molecule has 1 amide bonds. The number of likely N-dealkylation sites (tertiary alicyclic amines) is 1. The first-order chi connectivity index (χ1) is 17.9. The number of hydrogen-bond donors (Lipinski definition) is 0. The van der Waals surface area contributed by atoms with Crippen LogP contribution in [0.4, 0.5) is 0 Å². The van der Waals surface area contributed by atoms with Gasteiger partial charge in [0.2, 0.25) is 5.91 Å². The molecule has 1 aromatic carbocycles. The lowest BCUT2D eigenvalue weighted by Gasteiger charge is -2.32. The van der Waals surface area contributed by atoms with Gasteiger partial charge in [-0.15, -0.1) is 11.6 Å². The van der Waals surface area contributed by atoms with Crippen molar-refractivity contribution in [3.05, 3.63) is 42.2 Å². The number of amides is 1.